The zero-order chi connectivity index (χ0) is 28.0. The van der Waals surface area contributed by atoms with Gasteiger partial charge < -0.3 is 25.5 Å². The van der Waals surface area contributed by atoms with Crippen molar-refractivity contribution in [3.05, 3.63) is 11.6 Å². The van der Waals surface area contributed by atoms with Crippen LogP contribution in [0.2, 0.25) is 0 Å². The summed E-state index contributed by atoms with van der Waals surface area (Å²) >= 11 is 0. The molecular weight excluding hydrogens is 492 g/mol. The number of rotatable bonds is 9. The molecule has 7 atom stereocenters. The Bertz CT molecular complexity index is 976. The SMILES string of the molecule is CC.CC(=O)C1(O)CCC2C3CCC4=C/C(=N/OCC(=O)NC(CCC(=O)O)C(=O)O)CCC4C3CCC21. The average molecular weight is 535 g/mol. The minimum Gasteiger partial charge on any atom is -0.481 e. The molecule has 0 aromatic heterocycles. The first-order chi connectivity index (χ1) is 18.1. The molecule has 10 nitrogen and oxygen atoms in total. The van der Waals surface area contributed by atoms with E-state index in [1.54, 1.807) is 0 Å². The van der Waals surface area contributed by atoms with Crippen LogP contribution in [0.15, 0.2) is 16.8 Å². The van der Waals surface area contributed by atoms with E-state index in [-0.39, 0.29) is 24.5 Å². The molecule has 10 heteroatoms. The minimum absolute atomic E-state index is 0.0872. The molecule has 7 unspecified atom stereocenters. The lowest BCUT2D eigenvalue weighted by Crippen LogP contribution is -2.48. The lowest BCUT2D eigenvalue weighted by Gasteiger charge is -2.50. The van der Waals surface area contributed by atoms with Crippen LogP contribution in [-0.2, 0) is 24.0 Å². The van der Waals surface area contributed by atoms with E-state index in [1.165, 1.54) is 12.5 Å². The number of aliphatic carboxylic acids is 2. The van der Waals surface area contributed by atoms with E-state index in [2.05, 4.69) is 16.5 Å². The van der Waals surface area contributed by atoms with Crippen molar-refractivity contribution in [3.8, 4) is 0 Å². The number of ketones is 1. The van der Waals surface area contributed by atoms with E-state index in [0.29, 0.717) is 30.1 Å². The summed E-state index contributed by atoms with van der Waals surface area (Å²) in [5.41, 5.74) is 0.976. The van der Waals surface area contributed by atoms with Gasteiger partial charge in [0.1, 0.15) is 11.6 Å². The molecule has 0 aliphatic heterocycles. The van der Waals surface area contributed by atoms with Crippen LogP contribution >= 0.6 is 0 Å². The van der Waals surface area contributed by atoms with Crippen LogP contribution in [0.3, 0.4) is 0 Å². The number of aliphatic hydroxyl groups is 1. The van der Waals surface area contributed by atoms with Crippen molar-refractivity contribution in [2.45, 2.75) is 96.6 Å². The first-order valence-electron chi connectivity index (χ1n) is 14.0. The number of amides is 1. The number of carboxylic acids is 2. The normalized spacial score (nSPS) is 33.3. The molecule has 0 aromatic rings. The van der Waals surface area contributed by atoms with Gasteiger partial charge in [-0.2, -0.15) is 0 Å². The fourth-order valence-electron chi connectivity index (χ4n) is 7.33. The Kier molecular flexibility index (Phi) is 10.1. The maximum Gasteiger partial charge on any atom is 0.326 e. The molecule has 0 aromatic carbocycles. The summed E-state index contributed by atoms with van der Waals surface area (Å²) in [5, 5.41) is 35.2. The highest BCUT2D eigenvalue weighted by Gasteiger charge is 2.57. The van der Waals surface area contributed by atoms with Gasteiger partial charge in [-0.25, -0.2) is 4.79 Å². The number of carbonyl (C=O) groups excluding carboxylic acids is 2. The number of fused-ring (bicyclic) bond motifs is 5. The second-order valence-electron chi connectivity index (χ2n) is 10.8. The van der Waals surface area contributed by atoms with E-state index >= 15 is 0 Å². The summed E-state index contributed by atoms with van der Waals surface area (Å²) in [6.07, 6.45) is 8.61. The number of carboxylic acid groups (broad SMARTS) is 2. The molecule has 0 bridgehead atoms. The first-order valence-corrected chi connectivity index (χ1v) is 14.0. The van der Waals surface area contributed by atoms with Crippen LogP contribution in [0, 0.1) is 29.6 Å². The fourth-order valence-corrected chi connectivity index (χ4v) is 7.33. The highest BCUT2D eigenvalue weighted by atomic mass is 16.6. The van der Waals surface area contributed by atoms with Crippen LogP contribution in [-0.4, -0.2) is 62.9 Å². The topological polar surface area (TPSA) is 163 Å². The summed E-state index contributed by atoms with van der Waals surface area (Å²) in [7, 11) is 0. The van der Waals surface area contributed by atoms with Crippen molar-refractivity contribution in [1.82, 2.24) is 5.32 Å². The van der Waals surface area contributed by atoms with Gasteiger partial charge in [0.2, 0.25) is 0 Å². The van der Waals surface area contributed by atoms with Crippen LogP contribution in [0.25, 0.3) is 0 Å². The standard InChI is InChI=1S/C26H36N2O8.C2H6/c1-14(29)26(35)11-10-20-19-4-2-15-12-16(3-5-17(15)18(19)6-7-21(20)26)28-36-13-23(30)27-22(25(33)34)8-9-24(31)32;1-2/h12,17-22,35H,2-11,13H2,1H3,(H,27,30)(H,31,32)(H,33,34);1-2H3/b28-16+;. The van der Waals surface area contributed by atoms with Gasteiger partial charge in [0.25, 0.3) is 5.91 Å². The Hall–Kier alpha value is -2.75. The number of Topliss-reactive ketones (excluding diaryl/α,β-unsaturated/α-hetero) is 1. The van der Waals surface area contributed by atoms with Gasteiger partial charge in [0.15, 0.2) is 12.4 Å². The maximum absolute atomic E-state index is 12.2. The lowest BCUT2D eigenvalue weighted by molar-refractivity contribution is -0.144. The third kappa shape index (κ3) is 6.45. The predicted octanol–water partition coefficient (Wildman–Crippen LogP) is 3.32. The highest BCUT2D eigenvalue weighted by Crippen LogP contribution is 2.59. The largest absolute Gasteiger partial charge is 0.481 e. The van der Waals surface area contributed by atoms with Crippen molar-refractivity contribution >= 4 is 29.3 Å². The number of hydrogen-bond acceptors (Lipinski definition) is 7. The first kappa shape index (κ1) is 29.8. The van der Waals surface area contributed by atoms with Gasteiger partial charge in [-0.3, -0.25) is 14.4 Å². The molecule has 0 saturated heterocycles. The lowest BCUT2D eigenvalue weighted by atomic mass is 9.55. The van der Waals surface area contributed by atoms with Gasteiger partial charge in [-0.1, -0.05) is 24.6 Å². The zero-order valence-corrected chi connectivity index (χ0v) is 22.6. The predicted molar refractivity (Wildman–Crippen MR) is 139 cm³/mol. The van der Waals surface area contributed by atoms with E-state index in [1.807, 2.05) is 13.8 Å². The second kappa shape index (κ2) is 12.9. The van der Waals surface area contributed by atoms with Gasteiger partial charge in [-0.05, 0) is 100 Å². The summed E-state index contributed by atoms with van der Waals surface area (Å²) in [6, 6.07) is -1.29. The minimum atomic E-state index is -1.30. The molecule has 4 aliphatic rings. The number of carbonyl (C=O) groups is 4. The van der Waals surface area contributed by atoms with Gasteiger partial charge in [-0.15, -0.1) is 0 Å². The third-order valence-electron chi connectivity index (χ3n) is 8.99. The van der Waals surface area contributed by atoms with E-state index in [9.17, 15) is 24.3 Å². The monoisotopic (exact) mass is 534 g/mol. The molecule has 0 heterocycles. The van der Waals surface area contributed by atoms with E-state index in [4.69, 9.17) is 15.1 Å². The van der Waals surface area contributed by atoms with Crippen LogP contribution in [0.1, 0.15) is 85.0 Å². The average Bonchev–Trinajstić information content (AvgIpc) is 3.25. The number of nitrogens with zero attached hydrogens (tertiary/aromatic N) is 1. The Labute approximate surface area is 223 Å². The van der Waals surface area contributed by atoms with Crippen molar-refractivity contribution in [1.29, 1.82) is 0 Å². The zero-order valence-electron chi connectivity index (χ0n) is 22.6. The van der Waals surface area contributed by atoms with Crippen molar-refractivity contribution in [2.75, 3.05) is 6.61 Å². The molecular formula is C28H42N2O8. The number of allylic oxidation sites excluding steroid dienone is 2. The van der Waals surface area contributed by atoms with E-state index in [0.717, 1.165) is 50.7 Å². The Morgan fingerprint density at radius 3 is 2.45 bits per heavy atom. The van der Waals surface area contributed by atoms with Crippen molar-refractivity contribution in [3.63, 3.8) is 0 Å². The number of hydrogen-bond donors (Lipinski definition) is 4. The van der Waals surface area contributed by atoms with Crippen molar-refractivity contribution < 1.29 is 39.3 Å². The summed E-state index contributed by atoms with van der Waals surface area (Å²) in [6.45, 7) is 5.08. The number of nitrogens with one attached hydrogen (secondary N) is 1. The molecule has 4 rings (SSSR count). The maximum atomic E-state index is 12.2. The van der Waals surface area contributed by atoms with Gasteiger partial charge in [0, 0.05) is 6.42 Å². The fraction of sp³-hybridized carbons (Fsp3) is 0.750. The molecule has 3 fully saturated rings. The van der Waals surface area contributed by atoms with Crippen LogP contribution in [0.4, 0.5) is 0 Å². The Morgan fingerprint density at radius 1 is 1.05 bits per heavy atom. The van der Waals surface area contributed by atoms with Crippen LogP contribution in [0.5, 0.6) is 0 Å². The summed E-state index contributed by atoms with van der Waals surface area (Å²) in [4.78, 5) is 51.3. The summed E-state index contributed by atoms with van der Waals surface area (Å²) in [5.74, 6) is -1.10. The smallest absolute Gasteiger partial charge is 0.326 e. The Balaban J connectivity index is 0.00000195. The molecule has 4 N–H and O–H groups in total. The molecule has 212 valence electrons. The second-order valence-corrected chi connectivity index (χ2v) is 10.8. The molecule has 0 spiro atoms. The van der Waals surface area contributed by atoms with Gasteiger partial charge >= 0.3 is 11.9 Å². The molecule has 3 saturated carbocycles. The third-order valence-corrected chi connectivity index (χ3v) is 8.99. The molecule has 1 amide bonds. The van der Waals surface area contributed by atoms with Crippen LogP contribution < -0.4 is 5.32 Å². The summed E-state index contributed by atoms with van der Waals surface area (Å²) < 4.78 is 0. The van der Waals surface area contributed by atoms with Crippen molar-refractivity contribution in [2.24, 2.45) is 34.7 Å². The quantitative estimate of drug-likeness (QED) is 0.327. The Morgan fingerprint density at radius 2 is 1.79 bits per heavy atom. The van der Waals surface area contributed by atoms with Gasteiger partial charge in [0.05, 0.1) is 5.71 Å². The molecule has 38 heavy (non-hydrogen) atoms. The van der Waals surface area contributed by atoms with E-state index < -0.39 is 36.1 Å². The number of oxime groups is 1. The molecule has 0 radical (unpaired) electrons. The molecule has 4 aliphatic carbocycles. The highest BCUT2D eigenvalue weighted by molar-refractivity contribution is 5.96.